The van der Waals surface area contributed by atoms with Gasteiger partial charge in [-0.05, 0) is 28.5 Å². The number of benzene rings is 2. The molecule has 0 bridgehead atoms. The topological polar surface area (TPSA) is 89.6 Å². The van der Waals surface area contributed by atoms with E-state index in [1.165, 1.54) is 11.8 Å². The summed E-state index contributed by atoms with van der Waals surface area (Å²) in [6.07, 6.45) is 1.70. The molecule has 3 N–H and O–H groups in total. The van der Waals surface area contributed by atoms with E-state index in [2.05, 4.69) is 0 Å². The molecule has 130 valence electrons. The fourth-order valence-electron chi connectivity index (χ4n) is 3.16. The number of aliphatic carboxylic acids is 1. The summed E-state index contributed by atoms with van der Waals surface area (Å²) in [5.74, 6) is -2.45. The number of hydrogen-bond acceptors (Lipinski definition) is 5. The Labute approximate surface area is 150 Å². The molecule has 0 saturated heterocycles. The molecule has 1 aliphatic rings. The van der Waals surface area contributed by atoms with Crippen molar-refractivity contribution >= 4 is 23.7 Å². The van der Waals surface area contributed by atoms with Crippen LogP contribution in [0.4, 0.5) is 0 Å². The Morgan fingerprint density at radius 1 is 1.12 bits per heavy atom. The second kappa shape index (κ2) is 6.90. The number of rotatable bonds is 6. The zero-order chi connectivity index (χ0) is 18.0. The molecule has 0 aromatic heterocycles. The summed E-state index contributed by atoms with van der Waals surface area (Å²) in [5.41, 5.74) is 8.10. The van der Waals surface area contributed by atoms with E-state index in [0.717, 1.165) is 22.3 Å². The quantitative estimate of drug-likeness (QED) is 0.610. The summed E-state index contributed by atoms with van der Waals surface area (Å²) in [6, 6.07) is 15.9. The van der Waals surface area contributed by atoms with E-state index < -0.39 is 17.5 Å². The van der Waals surface area contributed by atoms with E-state index in [1.807, 2.05) is 48.5 Å². The van der Waals surface area contributed by atoms with Gasteiger partial charge in [-0.1, -0.05) is 48.5 Å². The second-order valence-electron chi connectivity index (χ2n) is 6.04. The van der Waals surface area contributed by atoms with Crippen LogP contribution in [0.3, 0.4) is 0 Å². The minimum absolute atomic E-state index is 0.0427. The summed E-state index contributed by atoms with van der Waals surface area (Å²) in [6.45, 7) is 0.0630. The third-order valence-corrected chi connectivity index (χ3v) is 5.21. The van der Waals surface area contributed by atoms with Crippen LogP contribution in [-0.2, 0) is 14.3 Å². The maximum atomic E-state index is 12.3. The molecule has 0 amide bonds. The molecule has 1 atom stereocenters. The number of ether oxygens (including phenoxy) is 1. The molecule has 0 heterocycles. The fraction of sp³-hybridized carbons (Fsp3) is 0.263. The Morgan fingerprint density at radius 3 is 2.12 bits per heavy atom. The van der Waals surface area contributed by atoms with Crippen molar-refractivity contribution in [3.63, 3.8) is 0 Å². The number of hydrogen-bond donors (Lipinski definition) is 2. The molecule has 25 heavy (non-hydrogen) atoms. The number of carbonyl (C=O) groups excluding carboxylic acids is 1. The molecular weight excluding hydrogens is 338 g/mol. The monoisotopic (exact) mass is 357 g/mol. The predicted octanol–water partition coefficient (Wildman–Crippen LogP) is 2.49. The van der Waals surface area contributed by atoms with E-state index in [1.54, 1.807) is 6.26 Å². The van der Waals surface area contributed by atoms with Gasteiger partial charge in [-0.25, -0.2) is 9.59 Å². The fourth-order valence-corrected chi connectivity index (χ4v) is 3.86. The molecular formula is C19H19NO4S. The lowest BCUT2D eigenvalue weighted by Gasteiger charge is -2.23. The highest BCUT2D eigenvalue weighted by atomic mass is 32.2. The smallest absolute Gasteiger partial charge is 0.338 e. The van der Waals surface area contributed by atoms with Crippen LogP contribution >= 0.6 is 11.8 Å². The number of esters is 1. The van der Waals surface area contributed by atoms with Gasteiger partial charge in [0.15, 0.2) is 0 Å². The Morgan fingerprint density at radius 2 is 1.64 bits per heavy atom. The Bertz CT molecular complexity index is 777. The van der Waals surface area contributed by atoms with E-state index in [-0.39, 0.29) is 18.3 Å². The third-order valence-electron chi connectivity index (χ3n) is 4.46. The number of fused-ring (bicyclic) bond motifs is 3. The van der Waals surface area contributed by atoms with Gasteiger partial charge < -0.3 is 15.6 Å². The van der Waals surface area contributed by atoms with Gasteiger partial charge in [0.2, 0.25) is 5.54 Å². The first-order valence-electron chi connectivity index (χ1n) is 7.85. The van der Waals surface area contributed by atoms with E-state index in [0.29, 0.717) is 0 Å². The van der Waals surface area contributed by atoms with Crippen molar-refractivity contribution in [2.45, 2.75) is 11.5 Å². The van der Waals surface area contributed by atoms with Crippen LogP contribution in [-0.4, -0.2) is 41.2 Å². The van der Waals surface area contributed by atoms with Crippen molar-refractivity contribution in [2.24, 2.45) is 5.73 Å². The van der Waals surface area contributed by atoms with Crippen molar-refractivity contribution in [3.05, 3.63) is 59.7 Å². The van der Waals surface area contributed by atoms with E-state index >= 15 is 0 Å². The lowest BCUT2D eigenvalue weighted by Crippen LogP contribution is -2.58. The summed E-state index contributed by atoms with van der Waals surface area (Å²) in [5, 5.41) is 9.30. The first-order chi connectivity index (χ1) is 12.0. The van der Waals surface area contributed by atoms with Gasteiger partial charge in [0.1, 0.15) is 6.61 Å². The highest BCUT2D eigenvalue weighted by molar-refractivity contribution is 7.98. The molecule has 0 saturated carbocycles. The van der Waals surface area contributed by atoms with Crippen molar-refractivity contribution in [3.8, 4) is 11.1 Å². The molecule has 0 fully saturated rings. The number of carbonyl (C=O) groups is 2. The minimum atomic E-state index is -2.03. The van der Waals surface area contributed by atoms with Crippen molar-refractivity contribution < 1.29 is 19.4 Å². The molecule has 0 radical (unpaired) electrons. The van der Waals surface area contributed by atoms with Crippen LogP contribution in [0.25, 0.3) is 11.1 Å². The summed E-state index contributed by atoms with van der Waals surface area (Å²) >= 11 is 1.19. The van der Waals surface area contributed by atoms with Gasteiger partial charge in [0.25, 0.3) is 0 Å². The molecule has 2 aromatic rings. The highest BCUT2D eigenvalue weighted by Gasteiger charge is 2.44. The van der Waals surface area contributed by atoms with Crippen LogP contribution in [0.15, 0.2) is 48.5 Å². The molecule has 0 spiro atoms. The van der Waals surface area contributed by atoms with Gasteiger partial charge in [0.05, 0.1) is 0 Å². The minimum Gasteiger partial charge on any atom is -0.479 e. The Kier molecular flexibility index (Phi) is 4.83. The van der Waals surface area contributed by atoms with Gasteiger partial charge >= 0.3 is 11.9 Å². The first kappa shape index (κ1) is 17.5. The lowest BCUT2D eigenvalue weighted by molar-refractivity contribution is -0.159. The normalized spacial score (nSPS) is 15.1. The third kappa shape index (κ3) is 3.03. The van der Waals surface area contributed by atoms with E-state index in [9.17, 15) is 14.7 Å². The molecule has 3 rings (SSSR count). The van der Waals surface area contributed by atoms with Crippen LogP contribution in [0.1, 0.15) is 17.0 Å². The van der Waals surface area contributed by atoms with Gasteiger partial charge in [0, 0.05) is 11.7 Å². The van der Waals surface area contributed by atoms with Crippen molar-refractivity contribution in [1.82, 2.24) is 0 Å². The zero-order valence-electron chi connectivity index (χ0n) is 13.8. The van der Waals surface area contributed by atoms with Crippen molar-refractivity contribution in [2.75, 3.05) is 18.6 Å². The summed E-state index contributed by atoms with van der Waals surface area (Å²) in [4.78, 5) is 23.7. The van der Waals surface area contributed by atoms with Gasteiger partial charge in [-0.2, -0.15) is 11.8 Å². The van der Waals surface area contributed by atoms with Gasteiger partial charge in [-0.3, -0.25) is 0 Å². The molecule has 2 aromatic carbocycles. The van der Waals surface area contributed by atoms with Crippen LogP contribution < -0.4 is 5.73 Å². The molecule has 6 heteroatoms. The van der Waals surface area contributed by atoms with E-state index in [4.69, 9.17) is 10.5 Å². The SMILES string of the molecule is CSCC(N)(C(=O)O)C(=O)OCC1c2ccccc2-c2ccccc21. The standard InChI is InChI=1S/C19H19NO4S/c1-25-11-19(20,17(21)22)18(23)24-10-16-14-8-4-2-6-12(14)13-7-3-5-9-15(13)16/h2-9,16H,10-11,20H2,1H3,(H,21,22). The summed E-state index contributed by atoms with van der Waals surface area (Å²) in [7, 11) is 0. The maximum absolute atomic E-state index is 12.3. The zero-order valence-corrected chi connectivity index (χ0v) is 14.6. The average Bonchev–Trinajstić information content (AvgIpc) is 2.93. The first-order valence-corrected chi connectivity index (χ1v) is 9.25. The molecule has 1 unspecified atom stereocenters. The Hall–Kier alpha value is -2.31. The van der Waals surface area contributed by atoms with Crippen LogP contribution in [0.5, 0.6) is 0 Å². The molecule has 5 nitrogen and oxygen atoms in total. The lowest BCUT2D eigenvalue weighted by atomic mass is 9.98. The average molecular weight is 357 g/mol. The number of thioether (sulfide) groups is 1. The maximum Gasteiger partial charge on any atom is 0.338 e. The van der Waals surface area contributed by atoms with Crippen molar-refractivity contribution in [1.29, 1.82) is 0 Å². The summed E-state index contributed by atoms with van der Waals surface area (Å²) < 4.78 is 5.36. The Balaban J connectivity index is 1.84. The second-order valence-corrected chi connectivity index (χ2v) is 6.90. The van der Waals surface area contributed by atoms with Crippen LogP contribution in [0, 0.1) is 0 Å². The predicted molar refractivity (Wildman–Crippen MR) is 97.6 cm³/mol. The molecule has 1 aliphatic carbocycles. The van der Waals surface area contributed by atoms with Gasteiger partial charge in [-0.15, -0.1) is 0 Å². The van der Waals surface area contributed by atoms with Crippen LogP contribution in [0.2, 0.25) is 0 Å². The largest absolute Gasteiger partial charge is 0.479 e. The number of carboxylic acid groups (broad SMARTS) is 1. The number of nitrogens with two attached hydrogens (primary N) is 1. The molecule has 0 aliphatic heterocycles. The number of carboxylic acids is 1. The highest BCUT2D eigenvalue weighted by Crippen LogP contribution is 2.44.